The molecule has 2 amide bonds. The Balaban J connectivity index is 1.35. The third-order valence-electron chi connectivity index (χ3n) is 9.01. The van der Waals surface area contributed by atoms with Gasteiger partial charge in [0.15, 0.2) is 0 Å². The summed E-state index contributed by atoms with van der Waals surface area (Å²) in [6.07, 6.45) is 2.58. The molecule has 3 aromatic rings. The molecule has 0 radical (unpaired) electrons. The Bertz CT molecular complexity index is 1660. The number of carbonyl (C=O) groups excluding carboxylic acids is 2. The number of carboxylic acid groups (broad SMARTS) is 1. The van der Waals surface area contributed by atoms with Gasteiger partial charge in [-0.05, 0) is 98.9 Å². The van der Waals surface area contributed by atoms with E-state index in [1.54, 1.807) is 4.90 Å². The maximum atomic E-state index is 13.9. The van der Waals surface area contributed by atoms with Crippen LogP contribution in [0.5, 0.6) is 5.75 Å². The molecule has 1 aromatic heterocycles. The molecule has 2 aromatic carbocycles. The molecule has 1 aliphatic heterocycles. The summed E-state index contributed by atoms with van der Waals surface area (Å²) in [5, 5.41) is 17.6. The van der Waals surface area contributed by atoms with Crippen molar-refractivity contribution in [3.05, 3.63) is 74.6 Å². The van der Waals surface area contributed by atoms with Crippen LogP contribution in [-0.4, -0.2) is 63.3 Å². The number of halogens is 1. The number of likely N-dealkylation sites (tertiary alicyclic amines) is 1. The SMILES string of the molecule is Cc1cc(OCCCC2=C(C(=O)NC3CCN(C(=O)CC(=O)O)CC3)Cc3c2cccc3-c2c(C)nn(C)c2C)cc(C)c1Cl. The zero-order valence-corrected chi connectivity index (χ0v) is 27.4. The van der Waals surface area contributed by atoms with Gasteiger partial charge in [-0.3, -0.25) is 19.1 Å². The van der Waals surface area contributed by atoms with Crippen molar-refractivity contribution in [3.63, 3.8) is 0 Å². The number of hydrogen-bond donors (Lipinski definition) is 2. The largest absolute Gasteiger partial charge is 0.494 e. The first-order valence-electron chi connectivity index (χ1n) is 15.5. The summed E-state index contributed by atoms with van der Waals surface area (Å²) in [5.74, 6) is -0.822. The van der Waals surface area contributed by atoms with Crippen molar-refractivity contribution in [3.8, 4) is 16.9 Å². The molecule has 1 fully saturated rings. The van der Waals surface area contributed by atoms with Gasteiger partial charge in [0.25, 0.3) is 0 Å². The van der Waals surface area contributed by atoms with Crippen LogP contribution in [0.2, 0.25) is 5.02 Å². The molecule has 0 spiro atoms. The number of aryl methyl sites for hydroxylation is 4. The maximum absolute atomic E-state index is 13.9. The number of benzene rings is 2. The molecule has 0 bridgehead atoms. The van der Waals surface area contributed by atoms with E-state index in [0.29, 0.717) is 45.4 Å². The molecule has 45 heavy (non-hydrogen) atoms. The van der Waals surface area contributed by atoms with Crippen molar-refractivity contribution in [1.82, 2.24) is 20.0 Å². The van der Waals surface area contributed by atoms with Crippen molar-refractivity contribution in [2.45, 2.75) is 72.3 Å². The van der Waals surface area contributed by atoms with Crippen molar-refractivity contribution in [2.24, 2.45) is 7.05 Å². The number of ether oxygens (including phenoxy) is 1. The van der Waals surface area contributed by atoms with Gasteiger partial charge in [-0.25, -0.2) is 0 Å². The van der Waals surface area contributed by atoms with Crippen LogP contribution in [0.15, 0.2) is 35.9 Å². The molecule has 0 atom stereocenters. The van der Waals surface area contributed by atoms with E-state index in [-0.39, 0.29) is 17.9 Å². The maximum Gasteiger partial charge on any atom is 0.312 e. The number of carboxylic acids is 1. The lowest BCUT2D eigenvalue weighted by atomic mass is 9.93. The van der Waals surface area contributed by atoms with Gasteiger partial charge >= 0.3 is 5.97 Å². The van der Waals surface area contributed by atoms with Gasteiger partial charge in [0.1, 0.15) is 12.2 Å². The highest BCUT2D eigenvalue weighted by Crippen LogP contribution is 2.42. The average molecular weight is 633 g/mol. The van der Waals surface area contributed by atoms with E-state index in [9.17, 15) is 14.4 Å². The second kappa shape index (κ2) is 13.5. The lowest BCUT2D eigenvalue weighted by Gasteiger charge is -2.32. The summed E-state index contributed by atoms with van der Waals surface area (Å²) in [6.45, 7) is 9.36. The van der Waals surface area contributed by atoms with E-state index in [1.807, 2.05) is 44.6 Å². The van der Waals surface area contributed by atoms with Crippen LogP contribution in [0.1, 0.15) is 65.7 Å². The smallest absolute Gasteiger partial charge is 0.312 e. The lowest BCUT2D eigenvalue weighted by Crippen LogP contribution is -2.47. The number of nitrogens with zero attached hydrogens (tertiary/aromatic N) is 3. The molecular formula is C35H41ClN4O5. The fourth-order valence-corrected chi connectivity index (χ4v) is 6.73. The van der Waals surface area contributed by atoms with Crippen molar-refractivity contribution >= 4 is 35.0 Å². The van der Waals surface area contributed by atoms with Crippen LogP contribution in [0.4, 0.5) is 0 Å². The Kier molecular flexibility index (Phi) is 9.68. The van der Waals surface area contributed by atoms with Gasteiger partial charge in [0.05, 0.1) is 12.3 Å². The van der Waals surface area contributed by atoms with Gasteiger partial charge in [-0.15, -0.1) is 0 Å². The molecule has 10 heteroatoms. The third kappa shape index (κ3) is 6.93. The molecule has 9 nitrogen and oxygen atoms in total. The first-order valence-corrected chi connectivity index (χ1v) is 15.9. The summed E-state index contributed by atoms with van der Waals surface area (Å²) in [7, 11) is 1.95. The first kappa shape index (κ1) is 32.3. The number of hydrogen-bond acceptors (Lipinski definition) is 5. The summed E-state index contributed by atoms with van der Waals surface area (Å²) in [5.41, 5.74) is 10.2. The minimum absolute atomic E-state index is 0.0908. The topological polar surface area (TPSA) is 114 Å². The van der Waals surface area contributed by atoms with Crippen molar-refractivity contribution in [2.75, 3.05) is 19.7 Å². The molecule has 2 aliphatic rings. The number of nitrogens with one attached hydrogen (secondary N) is 1. The fraction of sp³-hybridized carbons (Fsp3) is 0.429. The van der Waals surface area contributed by atoms with E-state index >= 15 is 0 Å². The Morgan fingerprint density at radius 1 is 1.07 bits per heavy atom. The summed E-state index contributed by atoms with van der Waals surface area (Å²) in [4.78, 5) is 38.7. The molecular weight excluding hydrogens is 592 g/mol. The monoisotopic (exact) mass is 632 g/mol. The van der Waals surface area contributed by atoms with Gasteiger partial charge in [0.2, 0.25) is 11.8 Å². The molecule has 0 unspecified atom stereocenters. The molecule has 1 saturated heterocycles. The van der Waals surface area contributed by atoms with E-state index in [1.165, 1.54) is 0 Å². The molecule has 2 heterocycles. The Morgan fingerprint density at radius 2 is 1.73 bits per heavy atom. The fourth-order valence-electron chi connectivity index (χ4n) is 6.62. The van der Waals surface area contributed by atoms with Crippen LogP contribution in [0.3, 0.4) is 0 Å². The number of aromatic nitrogens is 2. The number of piperidine rings is 1. The standard InChI is InChI=1S/C35H41ClN4O5/c1-20-16-25(17-21(2)34(20)36)45-15-7-10-27-26-8-6-9-28(33-22(3)38-39(5)23(33)4)29(26)18-30(27)35(44)37-24-11-13-40(14-12-24)31(41)19-32(42)43/h6,8-9,16-17,24H,7,10-15,18-19H2,1-5H3,(H,37,44)(H,42,43). The summed E-state index contributed by atoms with van der Waals surface area (Å²) in [6, 6.07) is 10.1. The zero-order chi connectivity index (χ0) is 32.4. The van der Waals surface area contributed by atoms with Crippen LogP contribution in [-0.2, 0) is 27.9 Å². The average Bonchev–Trinajstić information content (AvgIpc) is 3.49. The van der Waals surface area contributed by atoms with Crippen LogP contribution < -0.4 is 10.1 Å². The summed E-state index contributed by atoms with van der Waals surface area (Å²) >= 11 is 6.33. The van der Waals surface area contributed by atoms with Crippen LogP contribution >= 0.6 is 11.6 Å². The number of allylic oxidation sites excluding steroid dienone is 1. The molecule has 5 rings (SSSR count). The normalized spacial score (nSPS) is 14.9. The van der Waals surface area contributed by atoms with Crippen molar-refractivity contribution in [1.29, 1.82) is 0 Å². The van der Waals surface area contributed by atoms with Gasteiger partial charge in [0, 0.05) is 54.5 Å². The molecule has 0 saturated carbocycles. The van der Waals surface area contributed by atoms with Gasteiger partial charge in [-0.2, -0.15) is 5.10 Å². The quantitative estimate of drug-likeness (QED) is 0.218. The highest BCUT2D eigenvalue weighted by atomic mass is 35.5. The van der Waals surface area contributed by atoms with Gasteiger partial charge in [-0.1, -0.05) is 29.8 Å². The highest BCUT2D eigenvalue weighted by Gasteiger charge is 2.31. The minimum atomic E-state index is -1.13. The van der Waals surface area contributed by atoms with Crippen LogP contribution in [0.25, 0.3) is 16.7 Å². The second-order valence-corrected chi connectivity index (χ2v) is 12.5. The summed E-state index contributed by atoms with van der Waals surface area (Å²) < 4.78 is 8.00. The molecule has 1 aliphatic carbocycles. The van der Waals surface area contributed by atoms with Crippen LogP contribution in [0, 0.1) is 27.7 Å². The first-order chi connectivity index (χ1) is 21.4. The lowest BCUT2D eigenvalue weighted by molar-refractivity contribution is -0.144. The molecule has 238 valence electrons. The van der Waals surface area contributed by atoms with E-state index in [4.69, 9.17) is 21.4 Å². The Hall–Kier alpha value is -4.11. The Labute approximate surface area is 269 Å². The zero-order valence-electron chi connectivity index (χ0n) is 26.6. The van der Waals surface area contributed by atoms with E-state index in [2.05, 4.69) is 35.5 Å². The highest BCUT2D eigenvalue weighted by molar-refractivity contribution is 6.32. The second-order valence-electron chi connectivity index (χ2n) is 12.2. The third-order valence-corrected chi connectivity index (χ3v) is 9.60. The van der Waals surface area contributed by atoms with Gasteiger partial charge < -0.3 is 20.1 Å². The predicted octanol–water partition coefficient (Wildman–Crippen LogP) is 5.72. The minimum Gasteiger partial charge on any atom is -0.494 e. The number of carbonyl (C=O) groups is 3. The molecule has 2 N–H and O–H groups in total. The number of aliphatic carboxylic acids is 1. The predicted molar refractivity (Wildman–Crippen MR) is 174 cm³/mol. The number of amides is 2. The van der Waals surface area contributed by atoms with E-state index in [0.717, 1.165) is 73.1 Å². The van der Waals surface area contributed by atoms with E-state index < -0.39 is 12.4 Å². The van der Waals surface area contributed by atoms with Crippen molar-refractivity contribution < 1.29 is 24.2 Å². The Morgan fingerprint density at radius 3 is 2.36 bits per heavy atom. The number of fused-ring (bicyclic) bond motifs is 1. The number of rotatable bonds is 10.